The molecule has 0 bridgehead atoms. The van der Waals surface area contributed by atoms with Crippen LogP contribution in [0.3, 0.4) is 0 Å². The summed E-state index contributed by atoms with van der Waals surface area (Å²) in [5.74, 6) is -0.716. The van der Waals surface area contributed by atoms with Crippen molar-refractivity contribution >= 4 is 40.9 Å². The molecular weight excluding hydrogens is 440 g/mol. The average molecular weight is 461 g/mol. The van der Waals surface area contributed by atoms with Crippen LogP contribution in [0, 0.1) is 5.92 Å². The monoisotopic (exact) mass is 460 g/mol. The van der Waals surface area contributed by atoms with E-state index in [0.717, 1.165) is 11.3 Å². The van der Waals surface area contributed by atoms with Crippen LogP contribution < -0.4 is 14.7 Å². The molecule has 0 aromatic heterocycles. The van der Waals surface area contributed by atoms with E-state index in [1.165, 1.54) is 4.90 Å². The van der Waals surface area contributed by atoms with Crippen LogP contribution in [-0.4, -0.2) is 31.1 Å². The SMILES string of the molecule is COc1ccc(N2C(=O)[C@@H]3ON(c4ccccc4)C(/C=C/c4cccc(Cl)c4)[C@@H]3C2=O)cc1. The topological polar surface area (TPSA) is 59.1 Å². The molecule has 33 heavy (non-hydrogen) atoms. The van der Waals surface area contributed by atoms with Crippen LogP contribution in [0.2, 0.25) is 5.02 Å². The Morgan fingerprint density at radius 2 is 1.67 bits per heavy atom. The van der Waals surface area contributed by atoms with E-state index in [4.69, 9.17) is 21.2 Å². The molecule has 166 valence electrons. The molecule has 0 N–H and O–H groups in total. The second-order valence-electron chi connectivity index (χ2n) is 7.83. The van der Waals surface area contributed by atoms with Crippen molar-refractivity contribution in [3.05, 3.63) is 95.5 Å². The molecule has 7 heteroatoms. The lowest BCUT2D eigenvalue weighted by Crippen LogP contribution is -2.39. The highest BCUT2D eigenvalue weighted by atomic mass is 35.5. The predicted molar refractivity (Wildman–Crippen MR) is 127 cm³/mol. The number of benzene rings is 3. The third-order valence-corrected chi connectivity index (χ3v) is 6.07. The van der Waals surface area contributed by atoms with E-state index in [2.05, 4.69) is 0 Å². The lowest BCUT2D eigenvalue weighted by atomic mass is 9.95. The second kappa shape index (κ2) is 8.73. The molecule has 0 spiro atoms. The maximum absolute atomic E-state index is 13.5. The molecule has 2 heterocycles. The minimum absolute atomic E-state index is 0.297. The zero-order chi connectivity index (χ0) is 22.9. The highest BCUT2D eigenvalue weighted by Gasteiger charge is 2.59. The van der Waals surface area contributed by atoms with Gasteiger partial charge in [0.1, 0.15) is 11.7 Å². The number of hydrogen-bond acceptors (Lipinski definition) is 5. The van der Waals surface area contributed by atoms with Crippen LogP contribution in [0.1, 0.15) is 5.56 Å². The molecule has 3 atom stereocenters. The first-order valence-corrected chi connectivity index (χ1v) is 10.9. The Kier molecular flexibility index (Phi) is 5.62. The van der Waals surface area contributed by atoms with E-state index in [0.29, 0.717) is 16.5 Å². The number of carbonyl (C=O) groups is 2. The number of halogens is 1. The molecule has 0 saturated carbocycles. The summed E-state index contributed by atoms with van der Waals surface area (Å²) in [5.41, 5.74) is 2.15. The molecule has 2 saturated heterocycles. The van der Waals surface area contributed by atoms with Gasteiger partial charge in [-0.3, -0.25) is 14.4 Å². The molecule has 2 fully saturated rings. The van der Waals surface area contributed by atoms with Gasteiger partial charge in [-0.05, 0) is 54.1 Å². The summed E-state index contributed by atoms with van der Waals surface area (Å²) in [7, 11) is 1.56. The summed E-state index contributed by atoms with van der Waals surface area (Å²) in [6, 6.07) is 23.2. The van der Waals surface area contributed by atoms with E-state index in [-0.39, 0.29) is 11.8 Å². The minimum Gasteiger partial charge on any atom is -0.497 e. The summed E-state index contributed by atoms with van der Waals surface area (Å²) in [5, 5.41) is 2.27. The molecule has 0 aliphatic carbocycles. The molecule has 2 aliphatic heterocycles. The van der Waals surface area contributed by atoms with Crippen molar-refractivity contribution in [3.63, 3.8) is 0 Å². The van der Waals surface area contributed by atoms with E-state index in [1.807, 2.05) is 60.7 Å². The van der Waals surface area contributed by atoms with Crippen molar-refractivity contribution in [2.24, 2.45) is 5.92 Å². The van der Waals surface area contributed by atoms with Gasteiger partial charge < -0.3 is 4.74 Å². The summed E-state index contributed by atoms with van der Waals surface area (Å²) in [6.45, 7) is 0. The number of nitrogens with zero attached hydrogens (tertiary/aromatic N) is 2. The van der Waals surface area contributed by atoms with Gasteiger partial charge in [0.25, 0.3) is 5.91 Å². The Balaban J connectivity index is 1.50. The molecule has 3 aromatic rings. The minimum atomic E-state index is -0.909. The maximum Gasteiger partial charge on any atom is 0.266 e. The van der Waals surface area contributed by atoms with Crippen molar-refractivity contribution in [1.29, 1.82) is 0 Å². The zero-order valence-corrected chi connectivity index (χ0v) is 18.6. The summed E-state index contributed by atoms with van der Waals surface area (Å²) >= 11 is 6.12. The predicted octanol–water partition coefficient (Wildman–Crippen LogP) is 4.74. The van der Waals surface area contributed by atoms with Gasteiger partial charge in [0.2, 0.25) is 5.91 Å². The van der Waals surface area contributed by atoms with E-state index >= 15 is 0 Å². The van der Waals surface area contributed by atoms with Gasteiger partial charge in [-0.15, -0.1) is 0 Å². The Bertz CT molecular complexity index is 1210. The average Bonchev–Trinajstić information content (AvgIpc) is 3.34. The second-order valence-corrected chi connectivity index (χ2v) is 8.26. The van der Waals surface area contributed by atoms with Crippen molar-refractivity contribution < 1.29 is 19.2 Å². The Labute approximate surface area is 196 Å². The van der Waals surface area contributed by atoms with Gasteiger partial charge in [-0.25, -0.2) is 9.96 Å². The van der Waals surface area contributed by atoms with Crippen molar-refractivity contribution in [2.45, 2.75) is 12.1 Å². The van der Waals surface area contributed by atoms with Crippen LogP contribution in [0.15, 0.2) is 84.9 Å². The third kappa shape index (κ3) is 3.88. The number of hydrogen-bond donors (Lipinski definition) is 0. The maximum atomic E-state index is 13.5. The number of anilines is 2. The number of ether oxygens (including phenoxy) is 1. The van der Waals surface area contributed by atoms with Crippen LogP contribution in [0.25, 0.3) is 6.08 Å². The van der Waals surface area contributed by atoms with Gasteiger partial charge >= 0.3 is 0 Å². The Hall–Kier alpha value is -3.61. The third-order valence-electron chi connectivity index (χ3n) is 5.84. The van der Waals surface area contributed by atoms with Gasteiger partial charge in [0, 0.05) is 5.02 Å². The molecule has 2 aliphatic rings. The van der Waals surface area contributed by atoms with Crippen molar-refractivity contribution in [1.82, 2.24) is 0 Å². The molecule has 0 radical (unpaired) electrons. The fourth-order valence-corrected chi connectivity index (χ4v) is 4.45. The fraction of sp³-hybridized carbons (Fsp3) is 0.154. The molecule has 1 unspecified atom stereocenters. The highest BCUT2D eigenvalue weighted by molar-refractivity contribution is 6.30. The number of para-hydroxylation sites is 1. The van der Waals surface area contributed by atoms with Crippen molar-refractivity contribution in [3.8, 4) is 5.75 Å². The van der Waals surface area contributed by atoms with Gasteiger partial charge in [-0.1, -0.05) is 54.1 Å². The number of hydroxylamine groups is 1. The Morgan fingerprint density at radius 1 is 0.909 bits per heavy atom. The zero-order valence-electron chi connectivity index (χ0n) is 17.8. The van der Waals surface area contributed by atoms with Crippen LogP contribution in [0.5, 0.6) is 5.75 Å². The van der Waals surface area contributed by atoms with E-state index in [9.17, 15) is 9.59 Å². The first kappa shape index (κ1) is 21.2. The summed E-state index contributed by atoms with van der Waals surface area (Å²) < 4.78 is 5.18. The van der Waals surface area contributed by atoms with Crippen LogP contribution in [0.4, 0.5) is 11.4 Å². The number of rotatable bonds is 5. The fourth-order valence-electron chi connectivity index (χ4n) is 4.25. The normalized spacial score (nSPS) is 22.3. The number of imide groups is 1. The first-order chi connectivity index (χ1) is 16.1. The van der Waals surface area contributed by atoms with Crippen LogP contribution in [-0.2, 0) is 14.4 Å². The standard InChI is InChI=1S/C26H21ClN2O4/c1-32-21-13-11-19(12-14-21)28-25(30)23-22(15-10-17-6-5-7-18(27)16-17)29(33-24(23)26(28)31)20-8-3-2-4-9-20/h2-16,22-24H,1H3/b15-10+/t22?,23-,24+/m0/s1. The Morgan fingerprint density at radius 3 is 2.36 bits per heavy atom. The summed E-state index contributed by atoms with van der Waals surface area (Å²) in [4.78, 5) is 34.1. The number of fused-ring (bicyclic) bond motifs is 1. The van der Waals surface area contributed by atoms with Crippen molar-refractivity contribution in [2.75, 3.05) is 17.1 Å². The largest absolute Gasteiger partial charge is 0.497 e. The lowest BCUT2D eigenvalue weighted by Gasteiger charge is -2.26. The number of methoxy groups -OCH3 is 1. The molecular formula is C26H21ClN2O4. The van der Waals surface area contributed by atoms with Crippen LogP contribution >= 0.6 is 11.6 Å². The van der Waals surface area contributed by atoms with Gasteiger partial charge in [0.05, 0.1) is 24.5 Å². The smallest absolute Gasteiger partial charge is 0.266 e. The quantitative estimate of drug-likeness (QED) is 0.515. The molecule has 6 nitrogen and oxygen atoms in total. The lowest BCUT2D eigenvalue weighted by molar-refractivity contribution is -0.126. The highest BCUT2D eigenvalue weighted by Crippen LogP contribution is 2.41. The van der Waals surface area contributed by atoms with E-state index < -0.39 is 18.1 Å². The number of carbonyl (C=O) groups excluding carboxylic acids is 2. The first-order valence-electron chi connectivity index (χ1n) is 10.5. The van der Waals surface area contributed by atoms with Gasteiger partial charge in [-0.2, -0.15) is 0 Å². The summed E-state index contributed by atoms with van der Waals surface area (Å²) in [6.07, 6.45) is 2.88. The molecule has 5 rings (SSSR count). The molecule has 2 amide bonds. The van der Waals surface area contributed by atoms with Gasteiger partial charge in [0.15, 0.2) is 6.10 Å². The number of amides is 2. The molecule has 3 aromatic carbocycles. The van der Waals surface area contributed by atoms with E-state index in [1.54, 1.807) is 42.5 Å².